The molecular formula is C24H22FN3OS. The zero-order valence-electron chi connectivity index (χ0n) is 16.7. The molecule has 1 aliphatic rings. The molecule has 1 aliphatic heterocycles. The molecule has 3 aromatic carbocycles. The number of fused-ring (bicyclic) bond motifs is 1. The Morgan fingerprint density at radius 1 is 1.07 bits per heavy atom. The van der Waals surface area contributed by atoms with Crippen molar-refractivity contribution in [3.8, 4) is 0 Å². The molecular weight excluding hydrogens is 397 g/mol. The number of carbonyl (C=O) groups is 1. The number of nitrogens with zero attached hydrogens (tertiary/aromatic N) is 3. The highest BCUT2D eigenvalue weighted by Gasteiger charge is 2.37. The van der Waals surface area contributed by atoms with Gasteiger partial charge in [0.1, 0.15) is 5.82 Å². The normalized spacial score (nSPS) is 18.2. The summed E-state index contributed by atoms with van der Waals surface area (Å²) in [5, 5.41) is 11.4. The maximum Gasteiger partial charge on any atom is 0.242 e. The van der Waals surface area contributed by atoms with Crippen LogP contribution < -0.4 is 0 Å². The Kier molecular flexibility index (Phi) is 6.23. The van der Waals surface area contributed by atoms with Crippen LogP contribution in [0.15, 0.2) is 76.9 Å². The van der Waals surface area contributed by atoms with Crippen LogP contribution in [0.4, 0.5) is 4.39 Å². The van der Waals surface area contributed by atoms with Gasteiger partial charge in [0.05, 0.1) is 18.0 Å². The molecule has 0 spiro atoms. The van der Waals surface area contributed by atoms with Crippen LogP contribution in [0.1, 0.15) is 30.9 Å². The average Bonchev–Trinajstić information content (AvgIpc) is 3.05. The van der Waals surface area contributed by atoms with Crippen molar-refractivity contribution in [1.82, 2.24) is 4.90 Å². The Hall–Kier alpha value is -2.99. The van der Waals surface area contributed by atoms with Gasteiger partial charge in [-0.3, -0.25) is 9.69 Å². The van der Waals surface area contributed by atoms with Crippen molar-refractivity contribution in [3.63, 3.8) is 0 Å². The molecule has 0 radical (unpaired) electrons. The quantitative estimate of drug-likeness (QED) is 0.385. The van der Waals surface area contributed by atoms with E-state index in [0.29, 0.717) is 11.7 Å². The lowest BCUT2D eigenvalue weighted by atomic mass is 10.1. The third kappa shape index (κ3) is 4.44. The Morgan fingerprint density at radius 2 is 1.83 bits per heavy atom. The molecule has 1 atom stereocenters. The molecule has 0 unspecified atom stereocenters. The van der Waals surface area contributed by atoms with Gasteiger partial charge in [0.25, 0.3) is 0 Å². The Morgan fingerprint density at radius 3 is 2.63 bits per heavy atom. The van der Waals surface area contributed by atoms with E-state index in [1.165, 1.54) is 23.9 Å². The molecule has 152 valence electrons. The van der Waals surface area contributed by atoms with Crippen molar-refractivity contribution >= 4 is 39.8 Å². The fourth-order valence-corrected chi connectivity index (χ4v) is 4.67. The number of rotatable bonds is 6. The van der Waals surface area contributed by atoms with Crippen molar-refractivity contribution in [2.45, 2.75) is 31.6 Å². The Balaban J connectivity index is 1.60. The maximum absolute atomic E-state index is 13.2. The largest absolute Gasteiger partial charge is 0.284 e. The van der Waals surface area contributed by atoms with Gasteiger partial charge < -0.3 is 0 Å². The van der Waals surface area contributed by atoms with Gasteiger partial charge >= 0.3 is 0 Å². The molecule has 1 heterocycles. The number of benzene rings is 3. The zero-order chi connectivity index (χ0) is 20.9. The van der Waals surface area contributed by atoms with Gasteiger partial charge in [-0.05, 0) is 34.9 Å². The number of hydrogen-bond donors (Lipinski definition) is 0. The first-order valence-corrected chi connectivity index (χ1v) is 10.8. The van der Waals surface area contributed by atoms with Crippen LogP contribution in [0.3, 0.4) is 0 Å². The van der Waals surface area contributed by atoms with Gasteiger partial charge in [-0.1, -0.05) is 79.7 Å². The number of thioether (sulfide) groups is 1. The van der Waals surface area contributed by atoms with Crippen molar-refractivity contribution in [2.24, 2.45) is 10.2 Å². The molecule has 1 fully saturated rings. The predicted molar refractivity (Wildman–Crippen MR) is 122 cm³/mol. The summed E-state index contributed by atoms with van der Waals surface area (Å²) >= 11 is 1.45. The second-order valence-corrected chi connectivity index (χ2v) is 8.31. The molecule has 1 saturated heterocycles. The summed E-state index contributed by atoms with van der Waals surface area (Å²) in [6, 6.07) is 20.3. The van der Waals surface area contributed by atoms with Crippen LogP contribution in [-0.4, -0.2) is 27.4 Å². The third-order valence-corrected chi connectivity index (χ3v) is 6.22. The van der Waals surface area contributed by atoms with Crippen LogP contribution in [0.2, 0.25) is 0 Å². The summed E-state index contributed by atoms with van der Waals surface area (Å²) < 4.78 is 13.2. The van der Waals surface area contributed by atoms with E-state index >= 15 is 0 Å². The van der Waals surface area contributed by atoms with Crippen LogP contribution in [-0.2, 0) is 11.3 Å². The minimum Gasteiger partial charge on any atom is -0.284 e. The smallest absolute Gasteiger partial charge is 0.242 e. The topological polar surface area (TPSA) is 45.0 Å². The minimum atomic E-state index is -0.293. The summed E-state index contributed by atoms with van der Waals surface area (Å²) in [7, 11) is 0. The molecule has 0 N–H and O–H groups in total. The summed E-state index contributed by atoms with van der Waals surface area (Å²) in [5.41, 5.74) is 1.83. The number of halogens is 1. The highest BCUT2D eigenvalue weighted by Crippen LogP contribution is 2.31. The van der Waals surface area contributed by atoms with E-state index in [0.717, 1.165) is 34.7 Å². The van der Waals surface area contributed by atoms with E-state index in [9.17, 15) is 9.18 Å². The first kappa shape index (κ1) is 20.3. The SMILES string of the molecule is CCC[C@H]1S/C(=N/N=C\c2cccc3ccccc23)N(Cc2ccc(F)cc2)C1=O. The van der Waals surface area contributed by atoms with E-state index in [2.05, 4.69) is 35.3 Å². The predicted octanol–water partition coefficient (Wildman–Crippen LogP) is 5.61. The Bertz CT molecular complexity index is 1110. The van der Waals surface area contributed by atoms with Gasteiger partial charge in [-0.25, -0.2) is 4.39 Å². The summed E-state index contributed by atoms with van der Waals surface area (Å²) in [4.78, 5) is 14.5. The van der Waals surface area contributed by atoms with Crippen molar-refractivity contribution in [2.75, 3.05) is 0 Å². The monoisotopic (exact) mass is 419 g/mol. The molecule has 0 aliphatic carbocycles. The highest BCUT2D eigenvalue weighted by molar-refractivity contribution is 8.15. The molecule has 0 saturated carbocycles. The first-order valence-electron chi connectivity index (χ1n) is 9.97. The summed E-state index contributed by atoms with van der Waals surface area (Å²) in [6.07, 6.45) is 3.43. The number of amidine groups is 1. The minimum absolute atomic E-state index is 0.0327. The molecule has 4 rings (SSSR count). The van der Waals surface area contributed by atoms with Gasteiger partial charge in [0.2, 0.25) is 5.91 Å². The van der Waals surface area contributed by atoms with Crippen LogP contribution in [0.25, 0.3) is 10.8 Å². The molecule has 6 heteroatoms. The lowest BCUT2D eigenvalue weighted by molar-refractivity contribution is -0.126. The standard InChI is InChI=1S/C24H22FN3OS/c1-2-6-22-23(29)28(16-17-11-13-20(25)14-12-17)24(30-22)27-26-15-19-9-5-8-18-7-3-4-10-21(18)19/h3-5,7-15,22H,2,6,16H2,1H3/b26-15-,27-24+/t22-/m1/s1. The van der Waals surface area contributed by atoms with E-state index in [4.69, 9.17) is 0 Å². The van der Waals surface area contributed by atoms with E-state index in [-0.39, 0.29) is 17.0 Å². The second-order valence-electron chi connectivity index (χ2n) is 7.14. The molecule has 0 bridgehead atoms. The molecule has 3 aromatic rings. The zero-order valence-corrected chi connectivity index (χ0v) is 17.5. The highest BCUT2D eigenvalue weighted by atomic mass is 32.2. The van der Waals surface area contributed by atoms with Crippen molar-refractivity contribution in [3.05, 3.63) is 83.7 Å². The lowest BCUT2D eigenvalue weighted by Crippen LogP contribution is -2.31. The Labute approximate surface area is 179 Å². The second kappa shape index (κ2) is 9.22. The molecule has 30 heavy (non-hydrogen) atoms. The van der Waals surface area contributed by atoms with Crippen LogP contribution in [0.5, 0.6) is 0 Å². The van der Waals surface area contributed by atoms with Gasteiger partial charge in [-0.2, -0.15) is 5.10 Å². The van der Waals surface area contributed by atoms with Gasteiger partial charge in [-0.15, -0.1) is 5.10 Å². The lowest BCUT2D eigenvalue weighted by Gasteiger charge is -2.15. The van der Waals surface area contributed by atoms with E-state index in [1.54, 1.807) is 23.2 Å². The van der Waals surface area contributed by atoms with Crippen LogP contribution >= 0.6 is 11.8 Å². The first-order chi connectivity index (χ1) is 14.7. The van der Waals surface area contributed by atoms with E-state index < -0.39 is 0 Å². The fraction of sp³-hybridized carbons (Fsp3) is 0.208. The number of amides is 1. The van der Waals surface area contributed by atoms with Crippen molar-refractivity contribution in [1.29, 1.82) is 0 Å². The van der Waals surface area contributed by atoms with Gasteiger partial charge in [0, 0.05) is 5.56 Å². The summed E-state index contributed by atoms with van der Waals surface area (Å²) in [5.74, 6) is -0.261. The number of carbonyl (C=O) groups excluding carboxylic acids is 1. The molecule has 0 aromatic heterocycles. The fourth-order valence-electron chi connectivity index (χ4n) is 3.45. The van der Waals surface area contributed by atoms with Crippen molar-refractivity contribution < 1.29 is 9.18 Å². The maximum atomic E-state index is 13.2. The van der Waals surface area contributed by atoms with Gasteiger partial charge in [0.15, 0.2) is 5.17 Å². The average molecular weight is 420 g/mol. The van der Waals surface area contributed by atoms with E-state index in [1.807, 2.05) is 24.3 Å². The molecule has 1 amide bonds. The third-order valence-electron chi connectivity index (χ3n) is 4.99. The molecule has 4 nitrogen and oxygen atoms in total. The number of hydrogen-bond acceptors (Lipinski definition) is 4. The summed E-state index contributed by atoms with van der Waals surface area (Å²) in [6.45, 7) is 2.42. The van der Waals surface area contributed by atoms with Crippen LogP contribution in [0, 0.1) is 5.82 Å².